The van der Waals surface area contributed by atoms with Gasteiger partial charge in [0.15, 0.2) is 5.69 Å². The molecule has 138 valence electrons. The van der Waals surface area contributed by atoms with Crippen molar-refractivity contribution in [2.24, 2.45) is 5.92 Å². The summed E-state index contributed by atoms with van der Waals surface area (Å²) < 4.78 is 20.0. The summed E-state index contributed by atoms with van der Waals surface area (Å²) in [5.41, 5.74) is 0.219. The molecular weight excluding hydrogens is 348 g/mol. The molecular formula is C16H28N2O4S2. The summed E-state index contributed by atoms with van der Waals surface area (Å²) in [6, 6.07) is -0.0902. The number of nitrogens with one attached hydrogen (secondary N) is 1. The predicted molar refractivity (Wildman–Crippen MR) is 97.3 cm³/mol. The third-order valence-electron chi connectivity index (χ3n) is 3.54. The molecule has 1 aromatic heterocycles. The van der Waals surface area contributed by atoms with E-state index >= 15 is 0 Å². The average Bonchev–Trinajstić information content (AvgIpc) is 3.02. The highest BCUT2D eigenvalue weighted by Crippen LogP contribution is 2.25. The summed E-state index contributed by atoms with van der Waals surface area (Å²) in [5.74, 6) is 0.348. The number of hydrogen-bond acceptors (Lipinski definition) is 7. The maximum absolute atomic E-state index is 12.0. The predicted octanol–water partition coefficient (Wildman–Crippen LogP) is 2.82. The number of aromatic nitrogens is 1. The Bertz CT molecular complexity index is 496. The van der Waals surface area contributed by atoms with Gasteiger partial charge < -0.3 is 14.4 Å². The number of nitrogens with zero attached hydrogens (tertiary/aromatic N) is 1. The summed E-state index contributed by atoms with van der Waals surface area (Å²) in [4.78, 5) is 15.8. The van der Waals surface area contributed by atoms with E-state index in [1.54, 1.807) is 12.3 Å². The first-order chi connectivity index (χ1) is 11.4. The van der Waals surface area contributed by atoms with Crippen molar-refractivity contribution in [3.63, 3.8) is 0 Å². The van der Waals surface area contributed by atoms with Crippen LogP contribution in [0.5, 0.6) is 0 Å². The van der Waals surface area contributed by atoms with Crippen LogP contribution in [-0.4, -0.2) is 39.0 Å². The van der Waals surface area contributed by atoms with Gasteiger partial charge in [0.25, 0.3) is 0 Å². The Hall–Kier alpha value is -0.670. The molecule has 0 saturated heterocycles. The van der Waals surface area contributed by atoms with Crippen LogP contribution in [0.4, 0.5) is 0 Å². The molecule has 1 aromatic rings. The second-order valence-corrected chi connectivity index (χ2v) is 8.14. The van der Waals surface area contributed by atoms with Gasteiger partial charge in [-0.05, 0) is 25.7 Å². The Morgan fingerprint density at radius 3 is 2.79 bits per heavy atom. The first kappa shape index (κ1) is 21.4. The van der Waals surface area contributed by atoms with E-state index in [9.17, 15) is 14.5 Å². The maximum atomic E-state index is 12.0. The van der Waals surface area contributed by atoms with Crippen LogP contribution in [-0.2, 0) is 16.1 Å². The van der Waals surface area contributed by atoms with Gasteiger partial charge in [-0.25, -0.2) is 9.78 Å². The van der Waals surface area contributed by atoms with Crippen LogP contribution in [0.2, 0.25) is 0 Å². The summed E-state index contributed by atoms with van der Waals surface area (Å²) >= 11 is 0.132. The monoisotopic (exact) mass is 376 g/mol. The summed E-state index contributed by atoms with van der Waals surface area (Å²) in [6.45, 7) is 8.12. The molecule has 0 aromatic carbocycles. The zero-order valence-electron chi connectivity index (χ0n) is 14.8. The molecule has 0 aliphatic carbocycles. The molecule has 8 heteroatoms. The van der Waals surface area contributed by atoms with E-state index < -0.39 is 23.4 Å². The molecule has 0 aliphatic heterocycles. The fourth-order valence-electron chi connectivity index (χ4n) is 2.04. The number of rotatable bonds is 11. The van der Waals surface area contributed by atoms with Gasteiger partial charge in [-0.2, -0.15) is 0 Å². The molecule has 1 rings (SSSR count). The average molecular weight is 377 g/mol. The fraction of sp³-hybridized carbons (Fsp3) is 0.750. The van der Waals surface area contributed by atoms with Crippen molar-refractivity contribution in [2.75, 3.05) is 12.4 Å². The number of esters is 1. The molecule has 0 amide bonds. The number of carbonyl (C=O) groups excluding carboxylic acids is 1. The van der Waals surface area contributed by atoms with Crippen molar-refractivity contribution in [2.45, 2.75) is 59.1 Å². The molecule has 24 heavy (non-hydrogen) atoms. The lowest BCUT2D eigenvalue weighted by Crippen LogP contribution is -2.40. The number of hydrogen-bond donors (Lipinski definition) is 2. The second-order valence-electron chi connectivity index (χ2n) is 5.91. The lowest BCUT2D eigenvalue weighted by atomic mass is 9.99. The molecule has 0 radical (unpaired) electrons. The third kappa shape index (κ3) is 7.06. The van der Waals surface area contributed by atoms with Gasteiger partial charge >= 0.3 is 5.97 Å². The van der Waals surface area contributed by atoms with Gasteiger partial charge in [-0.1, -0.05) is 27.2 Å². The van der Waals surface area contributed by atoms with Crippen LogP contribution < -0.4 is 4.72 Å². The zero-order valence-corrected chi connectivity index (χ0v) is 16.4. The van der Waals surface area contributed by atoms with E-state index in [0.29, 0.717) is 17.2 Å². The third-order valence-corrected chi connectivity index (χ3v) is 5.71. The zero-order chi connectivity index (χ0) is 18.1. The molecule has 6 nitrogen and oxygen atoms in total. The molecule has 0 bridgehead atoms. The summed E-state index contributed by atoms with van der Waals surface area (Å²) in [6.07, 6.45) is 1.49. The van der Waals surface area contributed by atoms with E-state index in [2.05, 4.69) is 16.6 Å². The van der Waals surface area contributed by atoms with Gasteiger partial charge in [0.2, 0.25) is 0 Å². The summed E-state index contributed by atoms with van der Waals surface area (Å²) in [5, 5.41) is 12.5. The number of aliphatic hydroxyl groups is 1. The maximum Gasteiger partial charge on any atom is 0.357 e. The van der Waals surface area contributed by atoms with Gasteiger partial charge in [-0.3, -0.25) is 0 Å². The number of unbranched alkanes of at least 4 members (excludes halogenated alkanes) is 1. The van der Waals surface area contributed by atoms with Crippen LogP contribution in [0.1, 0.15) is 68.6 Å². The minimum Gasteiger partial charge on any atom is -0.598 e. The van der Waals surface area contributed by atoms with Crippen molar-refractivity contribution in [1.29, 1.82) is 0 Å². The molecule has 2 N–H and O–H groups in total. The summed E-state index contributed by atoms with van der Waals surface area (Å²) in [7, 11) is 0. The Balaban J connectivity index is 2.64. The van der Waals surface area contributed by atoms with Gasteiger partial charge in [0.05, 0.1) is 12.6 Å². The Labute approximate surface area is 151 Å². The molecule has 0 unspecified atom stereocenters. The van der Waals surface area contributed by atoms with Crippen LogP contribution in [0.3, 0.4) is 0 Å². The molecule has 0 aliphatic rings. The highest BCUT2D eigenvalue weighted by molar-refractivity contribution is 7.89. The Kier molecular flexibility index (Phi) is 9.84. The van der Waals surface area contributed by atoms with Crippen molar-refractivity contribution in [1.82, 2.24) is 9.71 Å². The molecule has 0 fully saturated rings. The van der Waals surface area contributed by atoms with E-state index in [-0.39, 0.29) is 24.3 Å². The van der Waals surface area contributed by atoms with Crippen LogP contribution in [0.15, 0.2) is 5.38 Å². The topological polar surface area (TPSA) is 94.5 Å². The van der Waals surface area contributed by atoms with Crippen LogP contribution in [0.25, 0.3) is 0 Å². The lowest BCUT2D eigenvalue weighted by molar-refractivity contribution is 0.0519. The minimum atomic E-state index is -1.10. The SMILES string of the molecule is CCCC[S@+]([O-])N[C@H](C[C@@H](O)c1nc(C(=O)OCC)cs1)C(C)C. The van der Waals surface area contributed by atoms with E-state index in [4.69, 9.17) is 4.74 Å². The molecule has 0 saturated carbocycles. The van der Waals surface area contributed by atoms with Gasteiger partial charge in [0, 0.05) is 16.7 Å². The first-order valence-corrected chi connectivity index (χ1v) is 10.5. The number of ether oxygens (including phenoxy) is 1. The fourth-order valence-corrected chi connectivity index (χ4v) is 4.20. The van der Waals surface area contributed by atoms with E-state index in [1.165, 1.54) is 11.3 Å². The first-order valence-electron chi connectivity index (χ1n) is 8.34. The Morgan fingerprint density at radius 1 is 1.50 bits per heavy atom. The van der Waals surface area contributed by atoms with E-state index in [0.717, 1.165) is 12.8 Å². The molecule has 0 spiro atoms. The van der Waals surface area contributed by atoms with Crippen LogP contribution >= 0.6 is 11.3 Å². The van der Waals surface area contributed by atoms with Gasteiger partial charge in [-0.15, -0.1) is 16.1 Å². The molecule has 3 atom stereocenters. The minimum absolute atomic E-state index is 0.0902. The van der Waals surface area contributed by atoms with Gasteiger partial charge in [0.1, 0.15) is 16.9 Å². The number of thiazole rings is 1. The Morgan fingerprint density at radius 2 is 2.21 bits per heavy atom. The smallest absolute Gasteiger partial charge is 0.357 e. The van der Waals surface area contributed by atoms with Crippen LogP contribution in [0, 0.1) is 5.92 Å². The van der Waals surface area contributed by atoms with Crippen molar-refractivity contribution in [3.05, 3.63) is 16.1 Å². The quantitative estimate of drug-likeness (QED) is 0.455. The molecule has 1 heterocycles. The highest BCUT2D eigenvalue weighted by atomic mass is 32.2. The largest absolute Gasteiger partial charge is 0.598 e. The van der Waals surface area contributed by atoms with Crippen molar-refractivity contribution < 1.29 is 19.2 Å². The van der Waals surface area contributed by atoms with E-state index in [1.807, 2.05) is 13.8 Å². The second kappa shape index (κ2) is 11.0. The van der Waals surface area contributed by atoms with Crippen molar-refractivity contribution >= 4 is 28.7 Å². The number of aliphatic hydroxyl groups excluding tert-OH is 1. The standard InChI is InChI=1S/C16H28N2O4S2/c1-5-7-8-24(21)18-12(11(3)4)9-14(19)15-17-13(10-23-15)16(20)22-6-2/h10-12,14,18-19H,5-9H2,1-4H3/t12-,14-,24+/m1/s1. The number of carbonyl (C=O) groups is 1. The van der Waals surface area contributed by atoms with Crippen molar-refractivity contribution in [3.8, 4) is 0 Å². The highest BCUT2D eigenvalue weighted by Gasteiger charge is 2.25. The lowest BCUT2D eigenvalue weighted by Gasteiger charge is -2.24. The normalized spacial score (nSPS) is 15.3.